The van der Waals surface area contributed by atoms with Gasteiger partial charge in [0.1, 0.15) is 0 Å². The minimum atomic E-state index is -0.861. The summed E-state index contributed by atoms with van der Waals surface area (Å²) in [6, 6.07) is 5.39. The van der Waals surface area contributed by atoms with E-state index in [-0.39, 0.29) is 6.42 Å². The standard InChI is InChI=1S/C10H9ClN2O2/c1-13-9-6(5-8(14)15)3-2-4-7(9)10(11)12-13/h2-4H,5H2,1H3,(H,14,15). The Labute approximate surface area is 91.1 Å². The van der Waals surface area contributed by atoms with Gasteiger partial charge in [-0.2, -0.15) is 5.10 Å². The van der Waals surface area contributed by atoms with Crippen LogP contribution in [-0.4, -0.2) is 20.9 Å². The Morgan fingerprint density at radius 3 is 3.00 bits per heavy atom. The number of benzene rings is 1. The van der Waals surface area contributed by atoms with Crippen molar-refractivity contribution >= 4 is 28.5 Å². The Balaban J connectivity index is 2.69. The van der Waals surface area contributed by atoms with Crippen molar-refractivity contribution < 1.29 is 9.90 Å². The van der Waals surface area contributed by atoms with Crippen molar-refractivity contribution in [3.8, 4) is 0 Å². The maximum atomic E-state index is 10.7. The van der Waals surface area contributed by atoms with Gasteiger partial charge in [-0.3, -0.25) is 9.48 Å². The summed E-state index contributed by atoms with van der Waals surface area (Å²) in [4.78, 5) is 10.7. The SMILES string of the molecule is Cn1nc(Cl)c2cccc(CC(=O)O)c21. The average molecular weight is 225 g/mol. The van der Waals surface area contributed by atoms with Gasteiger partial charge in [-0.15, -0.1) is 0 Å². The third-order valence-electron chi connectivity index (χ3n) is 2.24. The first kappa shape index (κ1) is 9.98. The monoisotopic (exact) mass is 224 g/mol. The zero-order chi connectivity index (χ0) is 11.0. The van der Waals surface area contributed by atoms with Gasteiger partial charge >= 0.3 is 5.97 Å². The molecule has 0 saturated heterocycles. The molecule has 1 aromatic heterocycles. The lowest BCUT2D eigenvalue weighted by Gasteiger charge is -2.01. The van der Waals surface area contributed by atoms with Gasteiger partial charge in [-0.05, 0) is 11.6 Å². The molecule has 4 nitrogen and oxygen atoms in total. The fraction of sp³-hybridized carbons (Fsp3) is 0.200. The van der Waals surface area contributed by atoms with E-state index in [1.807, 2.05) is 6.07 Å². The molecule has 0 saturated carbocycles. The van der Waals surface area contributed by atoms with Crippen LogP contribution >= 0.6 is 11.6 Å². The molecule has 0 atom stereocenters. The minimum absolute atomic E-state index is 0.0206. The highest BCUT2D eigenvalue weighted by Crippen LogP contribution is 2.25. The number of rotatable bonds is 2. The van der Waals surface area contributed by atoms with Gasteiger partial charge in [-0.1, -0.05) is 23.7 Å². The zero-order valence-corrected chi connectivity index (χ0v) is 8.82. The summed E-state index contributed by atoms with van der Waals surface area (Å²) in [5.74, 6) is -0.861. The second-order valence-electron chi connectivity index (χ2n) is 3.30. The predicted octanol–water partition coefficient (Wildman–Crippen LogP) is 1.85. The average Bonchev–Trinajstić information content (AvgIpc) is 2.43. The van der Waals surface area contributed by atoms with E-state index < -0.39 is 5.97 Å². The maximum Gasteiger partial charge on any atom is 0.307 e. The molecule has 0 unspecified atom stereocenters. The van der Waals surface area contributed by atoms with E-state index in [1.165, 1.54) is 0 Å². The lowest BCUT2D eigenvalue weighted by Crippen LogP contribution is -2.02. The Morgan fingerprint density at radius 2 is 2.33 bits per heavy atom. The number of halogens is 1. The minimum Gasteiger partial charge on any atom is -0.481 e. The first-order valence-electron chi connectivity index (χ1n) is 4.41. The van der Waals surface area contributed by atoms with E-state index in [2.05, 4.69) is 5.10 Å². The normalized spacial score (nSPS) is 10.8. The molecule has 0 bridgehead atoms. The fourth-order valence-corrected chi connectivity index (χ4v) is 1.95. The number of carbonyl (C=O) groups is 1. The Kier molecular flexibility index (Phi) is 2.36. The van der Waals surface area contributed by atoms with E-state index in [0.29, 0.717) is 5.15 Å². The number of aryl methyl sites for hydroxylation is 1. The Bertz CT molecular complexity index is 533. The number of hydrogen-bond donors (Lipinski definition) is 1. The zero-order valence-electron chi connectivity index (χ0n) is 8.07. The van der Waals surface area contributed by atoms with Crippen LogP contribution in [0.3, 0.4) is 0 Å². The third kappa shape index (κ3) is 1.68. The van der Waals surface area contributed by atoms with Crippen LogP contribution in [0.4, 0.5) is 0 Å². The second kappa shape index (κ2) is 3.55. The summed E-state index contributed by atoms with van der Waals surface area (Å²) in [7, 11) is 1.75. The lowest BCUT2D eigenvalue weighted by molar-refractivity contribution is -0.136. The van der Waals surface area contributed by atoms with Crippen molar-refractivity contribution in [1.29, 1.82) is 0 Å². The van der Waals surface area contributed by atoms with Crippen LogP contribution in [0.2, 0.25) is 5.15 Å². The predicted molar refractivity (Wildman–Crippen MR) is 57.1 cm³/mol. The molecular formula is C10H9ClN2O2. The molecule has 0 radical (unpaired) electrons. The van der Waals surface area contributed by atoms with Gasteiger partial charge in [0.2, 0.25) is 0 Å². The molecule has 2 rings (SSSR count). The Morgan fingerprint density at radius 1 is 1.60 bits per heavy atom. The third-order valence-corrected chi connectivity index (χ3v) is 2.52. The van der Waals surface area contributed by atoms with E-state index >= 15 is 0 Å². The summed E-state index contributed by atoms with van der Waals surface area (Å²) in [6.45, 7) is 0. The molecular weight excluding hydrogens is 216 g/mol. The molecule has 15 heavy (non-hydrogen) atoms. The topological polar surface area (TPSA) is 55.1 Å². The number of carboxylic acid groups (broad SMARTS) is 1. The molecule has 2 aromatic rings. The lowest BCUT2D eigenvalue weighted by atomic mass is 10.1. The number of hydrogen-bond acceptors (Lipinski definition) is 2. The molecule has 1 heterocycles. The van der Waals surface area contributed by atoms with Crippen molar-refractivity contribution in [3.05, 3.63) is 28.9 Å². The van der Waals surface area contributed by atoms with Gasteiger partial charge in [0.05, 0.1) is 11.9 Å². The molecule has 0 fully saturated rings. The maximum absolute atomic E-state index is 10.7. The number of carboxylic acids is 1. The highest BCUT2D eigenvalue weighted by Gasteiger charge is 2.12. The van der Waals surface area contributed by atoms with E-state index in [9.17, 15) is 4.79 Å². The number of nitrogens with zero attached hydrogens (tertiary/aromatic N) is 2. The fourth-order valence-electron chi connectivity index (χ4n) is 1.68. The van der Waals surface area contributed by atoms with Gasteiger partial charge < -0.3 is 5.11 Å². The molecule has 0 aliphatic rings. The van der Waals surface area contributed by atoms with Gasteiger partial charge in [0.25, 0.3) is 0 Å². The smallest absolute Gasteiger partial charge is 0.307 e. The van der Waals surface area contributed by atoms with Crippen LogP contribution in [0, 0.1) is 0 Å². The first-order chi connectivity index (χ1) is 7.09. The number of aliphatic carboxylic acids is 1. The molecule has 1 N–H and O–H groups in total. The largest absolute Gasteiger partial charge is 0.481 e. The van der Waals surface area contributed by atoms with Crippen molar-refractivity contribution in [3.63, 3.8) is 0 Å². The summed E-state index contributed by atoms with van der Waals surface area (Å²) >= 11 is 5.91. The quantitative estimate of drug-likeness (QED) is 0.847. The number of fused-ring (bicyclic) bond motifs is 1. The van der Waals surface area contributed by atoms with Crippen LogP contribution in [0.15, 0.2) is 18.2 Å². The van der Waals surface area contributed by atoms with Gasteiger partial charge in [0.15, 0.2) is 5.15 Å². The van der Waals surface area contributed by atoms with Crippen LogP contribution in [0.25, 0.3) is 10.9 Å². The van der Waals surface area contributed by atoms with Crippen molar-refractivity contribution in [2.45, 2.75) is 6.42 Å². The summed E-state index contributed by atoms with van der Waals surface area (Å²) in [5, 5.41) is 14.0. The number of para-hydroxylation sites is 1. The van der Waals surface area contributed by atoms with Crippen molar-refractivity contribution in [2.75, 3.05) is 0 Å². The first-order valence-corrected chi connectivity index (χ1v) is 4.79. The number of aromatic nitrogens is 2. The van der Waals surface area contributed by atoms with Crippen molar-refractivity contribution in [1.82, 2.24) is 9.78 Å². The highest BCUT2D eigenvalue weighted by molar-refractivity contribution is 6.34. The van der Waals surface area contributed by atoms with Gasteiger partial charge in [-0.25, -0.2) is 0 Å². The highest BCUT2D eigenvalue weighted by atomic mass is 35.5. The Hall–Kier alpha value is -1.55. The molecule has 0 spiro atoms. The molecule has 1 aromatic carbocycles. The van der Waals surface area contributed by atoms with E-state index in [0.717, 1.165) is 16.5 Å². The molecule has 0 amide bonds. The molecule has 5 heteroatoms. The molecule has 0 aliphatic carbocycles. The molecule has 78 valence electrons. The van der Waals surface area contributed by atoms with Gasteiger partial charge in [0, 0.05) is 12.4 Å². The summed E-state index contributed by atoms with van der Waals surface area (Å²) in [6.07, 6.45) is -0.0206. The summed E-state index contributed by atoms with van der Waals surface area (Å²) < 4.78 is 1.61. The van der Waals surface area contributed by atoms with E-state index in [4.69, 9.17) is 16.7 Å². The van der Waals surface area contributed by atoms with E-state index in [1.54, 1.807) is 23.9 Å². The van der Waals surface area contributed by atoms with Crippen molar-refractivity contribution in [2.24, 2.45) is 7.05 Å². The van der Waals surface area contributed by atoms with Crippen LogP contribution < -0.4 is 0 Å². The summed E-state index contributed by atoms with van der Waals surface area (Å²) in [5.41, 5.74) is 1.51. The van der Waals surface area contributed by atoms with Crippen LogP contribution in [-0.2, 0) is 18.3 Å². The van der Waals surface area contributed by atoms with Crippen LogP contribution in [0.1, 0.15) is 5.56 Å². The van der Waals surface area contributed by atoms with Crippen LogP contribution in [0.5, 0.6) is 0 Å². The molecule has 0 aliphatic heterocycles. The second-order valence-corrected chi connectivity index (χ2v) is 3.66.